The minimum atomic E-state index is 0.359. The second-order valence-electron chi connectivity index (χ2n) is 3.00. The van der Waals surface area contributed by atoms with E-state index in [1.807, 2.05) is 0 Å². The van der Waals surface area contributed by atoms with E-state index < -0.39 is 0 Å². The molecule has 0 saturated heterocycles. The molecule has 0 aromatic rings. The predicted octanol–water partition coefficient (Wildman–Crippen LogP) is 3.66. The Morgan fingerprint density at radius 3 is 2.08 bits per heavy atom. The summed E-state index contributed by atoms with van der Waals surface area (Å²) in [7, 11) is 0. The summed E-state index contributed by atoms with van der Waals surface area (Å²) in [5.41, 5.74) is 0. The molecule has 0 saturated carbocycles. The molecule has 0 rings (SSSR count). The average molecular weight is 282 g/mol. The third kappa shape index (κ3) is 10.4. The van der Waals surface area contributed by atoms with Crippen molar-refractivity contribution in [1.82, 2.24) is 0 Å². The maximum atomic E-state index is 8.53. The van der Waals surface area contributed by atoms with Crippen LogP contribution in [0.15, 0.2) is 10.2 Å². The first-order chi connectivity index (χ1) is 5.91. The van der Waals surface area contributed by atoms with E-state index in [1.165, 1.54) is 38.5 Å². The standard InChI is InChI=1S/C10H19IO/c11-9-7-5-3-1-2-4-6-8-10-12/h7,9,12H,1-6,8,10H2/b9-7+. The number of rotatable bonds is 8. The lowest BCUT2D eigenvalue weighted by Crippen LogP contribution is -1.83. The van der Waals surface area contributed by atoms with Crippen LogP contribution in [0.2, 0.25) is 0 Å². The lowest BCUT2D eigenvalue weighted by atomic mass is 10.1. The fraction of sp³-hybridized carbons (Fsp3) is 0.800. The van der Waals surface area contributed by atoms with Crippen molar-refractivity contribution >= 4 is 22.6 Å². The third-order valence-corrected chi connectivity index (χ3v) is 2.38. The fourth-order valence-corrected chi connectivity index (χ4v) is 1.50. The van der Waals surface area contributed by atoms with Crippen molar-refractivity contribution in [2.24, 2.45) is 0 Å². The maximum Gasteiger partial charge on any atom is 0.0431 e. The van der Waals surface area contributed by atoms with Crippen LogP contribution in [0.3, 0.4) is 0 Å². The molecule has 1 N–H and O–H groups in total. The van der Waals surface area contributed by atoms with Gasteiger partial charge < -0.3 is 5.11 Å². The molecule has 0 aliphatic heterocycles. The summed E-state index contributed by atoms with van der Waals surface area (Å²) in [6, 6.07) is 0. The Bertz CT molecular complexity index is 102. The van der Waals surface area contributed by atoms with Crippen LogP contribution in [0.4, 0.5) is 0 Å². The van der Waals surface area contributed by atoms with Gasteiger partial charge in [0.2, 0.25) is 0 Å². The molecule has 0 spiro atoms. The van der Waals surface area contributed by atoms with E-state index in [2.05, 4.69) is 32.7 Å². The van der Waals surface area contributed by atoms with Crippen LogP contribution in [0.1, 0.15) is 44.9 Å². The summed E-state index contributed by atoms with van der Waals surface area (Å²) in [6.07, 6.45) is 10.9. The normalized spacial score (nSPS) is 11.2. The minimum Gasteiger partial charge on any atom is -0.396 e. The van der Waals surface area contributed by atoms with Gasteiger partial charge in [-0.3, -0.25) is 0 Å². The molecule has 2 heteroatoms. The SMILES string of the molecule is OCCCCCCCC/C=C/I. The van der Waals surface area contributed by atoms with Crippen molar-refractivity contribution in [1.29, 1.82) is 0 Å². The molecule has 0 bridgehead atoms. The zero-order valence-electron chi connectivity index (χ0n) is 7.64. The van der Waals surface area contributed by atoms with Crippen LogP contribution >= 0.6 is 22.6 Å². The minimum absolute atomic E-state index is 0.359. The number of halogens is 1. The largest absolute Gasteiger partial charge is 0.396 e. The first kappa shape index (κ1) is 12.4. The first-order valence-electron chi connectivity index (χ1n) is 4.78. The van der Waals surface area contributed by atoms with Crippen molar-refractivity contribution in [3.63, 3.8) is 0 Å². The molecule has 0 fully saturated rings. The van der Waals surface area contributed by atoms with Crippen molar-refractivity contribution < 1.29 is 5.11 Å². The summed E-state index contributed by atoms with van der Waals surface area (Å²) in [5.74, 6) is 0. The summed E-state index contributed by atoms with van der Waals surface area (Å²) in [4.78, 5) is 0. The predicted molar refractivity (Wildman–Crippen MR) is 62.6 cm³/mol. The van der Waals surface area contributed by atoms with Gasteiger partial charge in [-0.1, -0.05) is 54.4 Å². The van der Waals surface area contributed by atoms with Gasteiger partial charge in [0, 0.05) is 6.61 Å². The second kappa shape index (κ2) is 11.4. The number of aliphatic hydroxyl groups is 1. The smallest absolute Gasteiger partial charge is 0.0431 e. The van der Waals surface area contributed by atoms with E-state index in [0.717, 1.165) is 6.42 Å². The zero-order chi connectivity index (χ0) is 9.07. The highest BCUT2D eigenvalue weighted by Crippen LogP contribution is 2.07. The van der Waals surface area contributed by atoms with Crippen molar-refractivity contribution in [2.75, 3.05) is 6.61 Å². The molecule has 0 amide bonds. The summed E-state index contributed by atoms with van der Waals surface area (Å²) >= 11 is 2.26. The van der Waals surface area contributed by atoms with Gasteiger partial charge in [0.05, 0.1) is 0 Å². The third-order valence-electron chi connectivity index (χ3n) is 1.87. The highest BCUT2D eigenvalue weighted by atomic mass is 127. The van der Waals surface area contributed by atoms with E-state index >= 15 is 0 Å². The van der Waals surface area contributed by atoms with E-state index in [9.17, 15) is 0 Å². The number of hydrogen-bond acceptors (Lipinski definition) is 1. The number of allylic oxidation sites excluding steroid dienone is 1. The van der Waals surface area contributed by atoms with Crippen LogP contribution in [-0.4, -0.2) is 11.7 Å². The van der Waals surface area contributed by atoms with Crippen molar-refractivity contribution in [3.05, 3.63) is 10.2 Å². The molecule has 0 aliphatic rings. The lowest BCUT2D eigenvalue weighted by Gasteiger charge is -1.98. The Labute approximate surface area is 89.4 Å². The molecule has 0 aromatic carbocycles. The molecule has 1 nitrogen and oxygen atoms in total. The molecule has 0 atom stereocenters. The Morgan fingerprint density at radius 1 is 0.917 bits per heavy atom. The molecule has 0 radical (unpaired) electrons. The summed E-state index contributed by atoms with van der Waals surface area (Å²) in [6.45, 7) is 0.359. The van der Waals surface area contributed by atoms with Gasteiger partial charge in [-0.05, 0) is 23.3 Å². The van der Waals surface area contributed by atoms with E-state index in [1.54, 1.807) is 0 Å². The van der Waals surface area contributed by atoms with Gasteiger partial charge in [0.15, 0.2) is 0 Å². The molecule has 0 aliphatic carbocycles. The Kier molecular flexibility index (Phi) is 11.8. The van der Waals surface area contributed by atoms with Crippen LogP contribution in [0.25, 0.3) is 0 Å². The van der Waals surface area contributed by atoms with Crippen LogP contribution in [-0.2, 0) is 0 Å². The molecule has 72 valence electrons. The van der Waals surface area contributed by atoms with Gasteiger partial charge in [-0.15, -0.1) is 0 Å². The van der Waals surface area contributed by atoms with Gasteiger partial charge in [0.25, 0.3) is 0 Å². The van der Waals surface area contributed by atoms with E-state index in [-0.39, 0.29) is 0 Å². The monoisotopic (exact) mass is 282 g/mol. The quantitative estimate of drug-likeness (QED) is 0.532. The number of hydrogen-bond donors (Lipinski definition) is 1. The molecule has 12 heavy (non-hydrogen) atoms. The highest BCUT2D eigenvalue weighted by molar-refractivity contribution is 14.1. The van der Waals surface area contributed by atoms with E-state index in [0.29, 0.717) is 6.61 Å². The van der Waals surface area contributed by atoms with Gasteiger partial charge >= 0.3 is 0 Å². The van der Waals surface area contributed by atoms with E-state index in [4.69, 9.17) is 5.11 Å². The zero-order valence-corrected chi connectivity index (χ0v) is 9.79. The van der Waals surface area contributed by atoms with Gasteiger partial charge in [0.1, 0.15) is 0 Å². The summed E-state index contributed by atoms with van der Waals surface area (Å²) in [5, 5.41) is 8.53. The topological polar surface area (TPSA) is 20.2 Å². The Balaban J connectivity index is 2.81. The van der Waals surface area contributed by atoms with Crippen molar-refractivity contribution in [2.45, 2.75) is 44.9 Å². The van der Waals surface area contributed by atoms with Crippen LogP contribution in [0.5, 0.6) is 0 Å². The van der Waals surface area contributed by atoms with Crippen LogP contribution < -0.4 is 0 Å². The molecule has 0 aromatic heterocycles. The van der Waals surface area contributed by atoms with Crippen molar-refractivity contribution in [3.8, 4) is 0 Å². The van der Waals surface area contributed by atoms with Crippen LogP contribution in [0, 0.1) is 0 Å². The first-order valence-corrected chi connectivity index (χ1v) is 6.02. The molecule has 0 unspecified atom stereocenters. The highest BCUT2D eigenvalue weighted by Gasteiger charge is 1.88. The maximum absolute atomic E-state index is 8.53. The fourth-order valence-electron chi connectivity index (χ4n) is 1.14. The summed E-state index contributed by atoms with van der Waals surface area (Å²) < 4.78 is 2.09. The number of aliphatic hydroxyl groups excluding tert-OH is 1. The Morgan fingerprint density at radius 2 is 1.50 bits per heavy atom. The lowest BCUT2D eigenvalue weighted by molar-refractivity contribution is 0.282. The average Bonchev–Trinajstić information content (AvgIpc) is 2.10. The van der Waals surface area contributed by atoms with Gasteiger partial charge in [-0.25, -0.2) is 0 Å². The molecular weight excluding hydrogens is 263 g/mol. The number of unbranched alkanes of at least 4 members (excludes halogenated alkanes) is 6. The van der Waals surface area contributed by atoms with Gasteiger partial charge in [-0.2, -0.15) is 0 Å². The Hall–Kier alpha value is 0.430. The molecular formula is C10H19IO. The second-order valence-corrected chi connectivity index (χ2v) is 3.71. The molecule has 0 heterocycles.